The number of hydrogen-bond donors (Lipinski definition) is 0. The lowest BCUT2D eigenvalue weighted by molar-refractivity contribution is 0.104. The normalized spacial score (nSPS) is 10.9. The van der Waals surface area contributed by atoms with E-state index in [4.69, 9.17) is 14.2 Å². The molecule has 2 aromatic rings. The van der Waals surface area contributed by atoms with Crippen molar-refractivity contribution in [2.45, 2.75) is 46.5 Å². The van der Waals surface area contributed by atoms with Gasteiger partial charge in [-0.3, -0.25) is 4.79 Å². The van der Waals surface area contributed by atoms with Gasteiger partial charge < -0.3 is 14.2 Å². The van der Waals surface area contributed by atoms with Crippen molar-refractivity contribution >= 4 is 11.9 Å². The van der Waals surface area contributed by atoms with Gasteiger partial charge in [-0.2, -0.15) is 0 Å². The van der Waals surface area contributed by atoms with E-state index in [1.165, 1.54) is 0 Å². The van der Waals surface area contributed by atoms with Crippen LogP contribution in [0.4, 0.5) is 0 Å². The Balaban J connectivity index is 2.35. The molecule has 0 amide bonds. The summed E-state index contributed by atoms with van der Waals surface area (Å²) in [6.07, 6.45) is 7.23. The van der Waals surface area contributed by atoms with Crippen molar-refractivity contribution in [3.8, 4) is 17.2 Å². The Bertz CT molecular complexity index is 806. The minimum Gasteiger partial charge on any atom is -0.497 e. The molecular weight excluding hydrogens is 364 g/mol. The van der Waals surface area contributed by atoms with Gasteiger partial charge in [-0.05, 0) is 61.2 Å². The van der Waals surface area contributed by atoms with E-state index in [1.807, 2.05) is 18.2 Å². The standard InChI is InChI=1S/C25H32O4/c1-5-8-23-20(11-14-24(26)19-9-12-21(27-4)13-10-19)17-22(28-15-6-2)18-25(23)29-16-7-3/h9-14,17-18H,5-8,15-16H2,1-4H3. The zero-order valence-electron chi connectivity index (χ0n) is 18.0. The number of rotatable bonds is 12. The summed E-state index contributed by atoms with van der Waals surface area (Å²) in [5.74, 6) is 2.30. The Kier molecular flexibility index (Phi) is 9.29. The topological polar surface area (TPSA) is 44.8 Å². The van der Waals surface area contributed by atoms with Crippen LogP contribution in [-0.4, -0.2) is 26.1 Å². The maximum Gasteiger partial charge on any atom is 0.185 e. The van der Waals surface area contributed by atoms with Gasteiger partial charge in [0.1, 0.15) is 17.2 Å². The molecule has 0 heterocycles. The summed E-state index contributed by atoms with van der Waals surface area (Å²) in [5, 5.41) is 0. The SMILES string of the molecule is CCCOc1cc(C=CC(=O)c2ccc(OC)cc2)c(CCC)c(OCCC)c1. The summed E-state index contributed by atoms with van der Waals surface area (Å²) < 4.78 is 17.0. The van der Waals surface area contributed by atoms with Crippen LogP contribution in [0, 0.1) is 0 Å². The molecule has 29 heavy (non-hydrogen) atoms. The third kappa shape index (κ3) is 6.67. The monoisotopic (exact) mass is 396 g/mol. The van der Waals surface area contributed by atoms with Crippen molar-refractivity contribution in [1.82, 2.24) is 0 Å². The average Bonchev–Trinajstić information content (AvgIpc) is 2.76. The molecule has 0 bridgehead atoms. The molecule has 2 rings (SSSR count). The van der Waals surface area contributed by atoms with Crippen LogP contribution >= 0.6 is 0 Å². The fourth-order valence-electron chi connectivity index (χ4n) is 2.97. The lowest BCUT2D eigenvalue weighted by Crippen LogP contribution is -2.03. The second kappa shape index (κ2) is 11.9. The molecular formula is C25H32O4. The number of ketones is 1. The number of ether oxygens (including phenoxy) is 3. The van der Waals surface area contributed by atoms with E-state index in [0.717, 1.165) is 54.1 Å². The van der Waals surface area contributed by atoms with Gasteiger partial charge in [0, 0.05) is 17.2 Å². The molecule has 0 aromatic heterocycles. The lowest BCUT2D eigenvalue weighted by atomic mass is 10.00. The van der Waals surface area contributed by atoms with Gasteiger partial charge in [-0.15, -0.1) is 0 Å². The van der Waals surface area contributed by atoms with Crippen molar-refractivity contribution < 1.29 is 19.0 Å². The number of allylic oxidation sites excluding steroid dienone is 1. The van der Waals surface area contributed by atoms with Gasteiger partial charge in [-0.25, -0.2) is 0 Å². The van der Waals surface area contributed by atoms with Gasteiger partial charge in [0.2, 0.25) is 0 Å². The summed E-state index contributed by atoms with van der Waals surface area (Å²) in [4.78, 5) is 12.6. The van der Waals surface area contributed by atoms with Crippen LogP contribution in [-0.2, 0) is 6.42 Å². The zero-order valence-corrected chi connectivity index (χ0v) is 18.0. The van der Waals surface area contributed by atoms with Crippen LogP contribution in [0.15, 0.2) is 42.5 Å². The number of benzene rings is 2. The van der Waals surface area contributed by atoms with Crippen LogP contribution in [0.1, 0.15) is 61.5 Å². The number of carbonyl (C=O) groups is 1. The van der Waals surface area contributed by atoms with Gasteiger partial charge >= 0.3 is 0 Å². The Labute approximate surface area is 174 Å². The first kappa shape index (κ1) is 22.5. The molecule has 156 valence electrons. The Hall–Kier alpha value is -2.75. The Morgan fingerprint density at radius 1 is 0.897 bits per heavy atom. The number of carbonyl (C=O) groups excluding carboxylic acids is 1. The zero-order chi connectivity index (χ0) is 21.1. The first-order valence-electron chi connectivity index (χ1n) is 10.4. The van der Waals surface area contributed by atoms with Crippen LogP contribution in [0.25, 0.3) is 6.08 Å². The van der Waals surface area contributed by atoms with Crippen molar-refractivity contribution in [3.05, 3.63) is 59.2 Å². The van der Waals surface area contributed by atoms with Gasteiger partial charge in [0.25, 0.3) is 0 Å². The highest BCUT2D eigenvalue weighted by atomic mass is 16.5. The van der Waals surface area contributed by atoms with E-state index in [0.29, 0.717) is 18.8 Å². The lowest BCUT2D eigenvalue weighted by Gasteiger charge is -2.16. The maximum absolute atomic E-state index is 12.6. The van der Waals surface area contributed by atoms with Crippen LogP contribution in [0.3, 0.4) is 0 Å². The first-order chi connectivity index (χ1) is 14.1. The maximum atomic E-state index is 12.6. The Morgan fingerprint density at radius 2 is 1.59 bits per heavy atom. The van der Waals surface area contributed by atoms with Gasteiger partial charge in [0.15, 0.2) is 5.78 Å². The van der Waals surface area contributed by atoms with E-state index in [2.05, 4.69) is 20.8 Å². The molecule has 0 spiro atoms. The Morgan fingerprint density at radius 3 is 2.21 bits per heavy atom. The highest BCUT2D eigenvalue weighted by Crippen LogP contribution is 2.31. The second-order valence-electron chi connectivity index (χ2n) is 6.86. The van der Waals surface area contributed by atoms with Crippen molar-refractivity contribution in [2.75, 3.05) is 20.3 Å². The van der Waals surface area contributed by atoms with E-state index in [-0.39, 0.29) is 5.78 Å². The van der Waals surface area contributed by atoms with Gasteiger partial charge in [-0.1, -0.05) is 33.3 Å². The fraction of sp³-hybridized carbons (Fsp3) is 0.400. The average molecular weight is 397 g/mol. The molecule has 0 aliphatic carbocycles. The first-order valence-corrected chi connectivity index (χ1v) is 10.4. The number of hydrogen-bond acceptors (Lipinski definition) is 4. The van der Waals surface area contributed by atoms with Crippen molar-refractivity contribution in [3.63, 3.8) is 0 Å². The highest BCUT2D eigenvalue weighted by molar-refractivity contribution is 6.07. The molecule has 0 aliphatic rings. The second-order valence-corrected chi connectivity index (χ2v) is 6.86. The summed E-state index contributed by atoms with van der Waals surface area (Å²) in [6, 6.07) is 11.1. The third-order valence-electron chi connectivity index (χ3n) is 4.44. The minimum absolute atomic E-state index is 0.0500. The molecule has 0 fully saturated rings. The van der Waals surface area contributed by atoms with Crippen LogP contribution < -0.4 is 14.2 Å². The quantitative estimate of drug-likeness (QED) is 0.320. The predicted molar refractivity (Wildman–Crippen MR) is 118 cm³/mol. The smallest absolute Gasteiger partial charge is 0.185 e. The molecule has 0 radical (unpaired) electrons. The van der Waals surface area contributed by atoms with Crippen molar-refractivity contribution in [1.29, 1.82) is 0 Å². The van der Waals surface area contributed by atoms with E-state index >= 15 is 0 Å². The molecule has 0 N–H and O–H groups in total. The van der Waals surface area contributed by atoms with Crippen molar-refractivity contribution in [2.24, 2.45) is 0 Å². The predicted octanol–water partition coefficient (Wildman–Crippen LogP) is 6.12. The summed E-state index contributed by atoms with van der Waals surface area (Å²) in [5.41, 5.74) is 2.71. The highest BCUT2D eigenvalue weighted by Gasteiger charge is 2.12. The van der Waals surface area contributed by atoms with E-state index in [9.17, 15) is 4.79 Å². The summed E-state index contributed by atoms with van der Waals surface area (Å²) in [7, 11) is 1.61. The van der Waals surface area contributed by atoms with Gasteiger partial charge in [0.05, 0.1) is 20.3 Å². The largest absolute Gasteiger partial charge is 0.497 e. The van der Waals surface area contributed by atoms with Crippen LogP contribution in [0.2, 0.25) is 0 Å². The summed E-state index contributed by atoms with van der Waals surface area (Å²) >= 11 is 0. The molecule has 2 aromatic carbocycles. The molecule has 0 aliphatic heterocycles. The molecule has 0 atom stereocenters. The molecule has 0 unspecified atom stereocenters. The fourth-order valence-corrected chi connectivity index (χ4v) is 2.97. The van der Waals surface area contributed by atoms with E-state index < -0.39 is 0 Å². The third-order valence-corrected chi connectivity index (χ3v) is 4.44. The minimum atomic E-state index is -0.0500. The summed E-state index contributed by atoms with van der Waals surface area (Å²) in [6.45, 7) is 7.61. The van der Waals surface area contributed by atoms with E-state index in [1.54, 1.807) is 37.5 Å². The molecule has 0 saturated heterocycles. The molecule has 4 nitrogen and oxygen atoms in total. The number of methoxy groups -OCH3 is 1. The molecule has 0 saturated carbocycles. The van der Waals surface area contributed by atoms with Crippen LogP contribution in [0.5, 0.6) is 17.2 Å². The molecule has 4 heteroatoms.